The van der Waals surface area contributed by atoms with Gasteiger partial charge in [0.15, 0.2) is 5.75 Å². The number of H-pyrrole nitrogens is 1. The number of aliphatic carboxylic acids is 1. The van der Waals surface area contributed by atoms with E-state index in [9.17, 15) is 28.7 Å². The zero-order chi connectivity index (χ0) is 31.3. The van der Waals surface area contributed by atoms with Crippen LogP contribution in [0.15, 0.2) is 59.4 Å². The van der Waals surface area contributed by atoms with E-state index in [0.717, 1.165) is 0 Å². The highest BCUT2D eigenvalue weighted by Gasteiger charge is 2.53. The van der Waals surface area contributed by atoms with E-state index in [1.807, 2.05) is 0 Å². The molecule has 1 aliphatic rings. The number of nitrogens with zero attached hydrogens (tertiary/aromatic N) is 2. The number of aryl methyl sites for hydroxylation is 1. The lowest BCUT2D eigenvalue weighted by atomic mass is 9.74. The first kappa shape index (κ1) is 31.4. The molecule has 2 aromatic carbocycles. The van der Waals surface area contributed by atoms with Gasteiger partial charge in [-0.3, -0.25) is 19.2 Å². The number of likely N-dealkylation sites (tertiary alicyclic amines) is 1. The van der Waals surface area contributed by atoms with Crippen molar-refractivity contribution in [3.8, 4) is 11.5 Å². The SMILES string of the molecule is CC[C@@H](NC(=O)c1ccc(Oc2cc(C)n[nH]c2=O)cc1)C(=O)N1[C@H](c2cccc(F)c2)CC[C@@H]1C(CC)(CC)C(=O)O. The molecular weight excluding hydrogens is 555 g/mol. The van der Waals surface area contributed by atoms with Gasteiger partial charge >= 0.3 is 11.5 Å². The average Bonchev–Trinajstić information content (AvgIpc) is 3.44. The first-order valence-corrected chi connectivity index (χ1v) is 14.5. The van der Waals surface area contributed by atoms with Crippen LogP contribution in [0.5, 0.6) is 11.5 Å². The summed E-state index contributed by atoms with van der Waals surface area (Å²) >= 11 is 0. The zero-order valence-electron chi connectivity index (χ0n) is 24.7. The van der Waals surface area contributed by atoms with Crippen LogP contribution in [-0.2, 0) is 9.59 Å². The molecule has 4 rings (SSSR count). The molecule has 2 amide bonds. The fraction of sp³-hybridized carbons (Fsp3) is 0.406. The summed E-state index contributed by atoms with van der Waals surface area (Å²) in [5.41, 5.74) is -0.265. The van der Waals surface area contributed by atoms with Crippen LogP contribution in [-0.4, -0.2) is 50.1 Å². The predicted octanol–water partition coefficient (Wildman–Crippen LogP) is 5.14. The first-order chi connectivity index (χ1) is 20.5. The van der Waals surface area contributed by atoms with Gasteiger partial charge in [-0.2, -0.15) is 5.10 Å². The third-order valence-corrected chi connectivity index (χ3v) is 8.45. The van der Waals surface area contributed by atoms with Crippen molar-refractivity contribution in [1.82, 2.24) is 20.4 Å². The number of carboxylic acids is 1. The van der Waals surface area contributed by atoms with Crippen LogP contribution in [0.2, 0.25) is 0 Å². The van der Waals surface area contributed by atoms with Gasteiger partial charge in [-0.05, 0) is 81.0 Å². The van der Waals surface area contributed by atoms with Crippen molar-refractivity contribution in [3.05, 3.63) is 87.6 Å². The molecule has 0 radical (unpaired) electrons. The van der Waals surface area contributed by atoms with Gasteiger partial charge in [0.25, 0.3) is 5.91 Å². The molecule has 2 heterocycles. The summed E-state index contributed by atoms with van der Waals surface area (Å²) in [5, 5.41) is 19.3. The van der Waals surface area contributed by atoms with E-state index in [1.165, 1.54) is 42.5 Å². The number of aromatic amines is 1. The second-order valence-corrected chi connectivity index (χ2v) is 10.8. The lowest BCUT2D eigenvalue weighted by Gasteiger charge is -2.42. The van der Waals surface area contributed by atoms with Crippen LogP contribution >= 0.6 is 0 Å². The maximum atomic E-state index is 14.2. The van der Waals surface area contributed by atoms with E-state index in [0.29, 0.717) is 42.7 Å². The van der Waals surface area contributed by atoms with Crippen molar-refractivity contribution in [1.29, 1.82) is 0 Å². The molecule has 0 spiro atoms. The van der Waals surface area contributed by atoms with Crippen molar-refractivity contribution >= 4 is 17.8 Å². The number of halogens is 1. The summed E-state index contributed by atoms with van der Waals surface area (Å²) in [4.78, 5) is 53.6. The number of carboxylic acid groups (broad SMARTS) is 1. The van der Waals surface area contributed by atoms with Crippen LogP contribution in [0.4, 0.5) is 4.39 Å². The fourth-order valence-corrected chi connectivity index (χ4v) is 5.99. The minimum absolute atomic E-state index is 0.0611. The van der Waals surface area contributed by atoms with Crippen molar-refractivity contribution in [2.24, 2.45) is 5.41 Å². The number of benzene rings is 2. The highest BCUT2D eigenvalue weighted by Crippen LogP contribution is 2.47. The number of ether oxygens (including phenoxy) is 1. The molecule has 43 heavy (non-hydrogen) atoms. The Bertz CT molecular complexity index is 1540. The lowest BCUT2D eigenvalue weighted by Crippen LogP contribution is -2.56. The van der Waals surface area contributed by atoms with Gasteiger partial charge in [-0.25, -0.2) is 9.49 Å². The Kier molecular flexibility index (Phi) is 9.63. The van der Waals surface area contributed by atoms with Gasteiger partial charge in [0.05, 0.1) is 17.2 Å². The van der Waals surface area contributed by atoms with Crippen LogP contribution in [0.3, 0.4) is 0 Å². The number of rotatable bonds is 11. The molecule has 1 aliphatic heterocycles. The summed E-state index contributed by atoms with van der Waals surface area (Å²) in [6.07, 6.45) is 1.79. The molecule has 3 atom stereocenters. The standard InChI is InChI=1S/C32H37FN4O6/c1-5-24(34-28(38)20-11-13-23(14-12-20)43-26-17-19(4)35-36-29(26)39)30(40)37-25(21-9-8-10-22(33)18-21)15-16-27(37)32(6-2,7-3)31(41)42/h8-14,17-18,24-25,27H,5-7,15-16H2,1-4H3,(H,34,38)(H,36,39)(H,41,42)/t24-,25+,27-/m1/s1. The third-order valence-electron chi connectivity index (χ3n) is 8.45. The highest BCUT2D eigenvalue weighted by molar-refractivity contribution is 5.98. The smallest absolute Gasteiger partial charge is 0.311 e. The summed E-state index contributed by atoms with van der Waals surface area (Å²) in [7, 11) is 0. The van der Waals surface area contributed by atoms with Crippen molar-refractivity contribution in [2.75, 3.05) is 0 Å². The van der Waals surface area contributed by atoms with Gasteiger partial charge < -0.3 is 20.1 Å². The number of carbonyl (C=O) groups excluding carboxylic acids is 2. The highest BCUT2D eigenvalue weighted by atomic mass is 19.1. The van der Waals surface area contributed by atoms with Crippen molar-refractivity contribution < 1.29 is 28.6 Å². The molecule has 0 saturated carbocycles. The Hall–Kier alpha value is -4.54. The molecule has 10 nitrogen and oxygen atoms in total. The van der Waals surface area contributed by atoms with Gasteiger partial charge in [0, 0.05) is 17.7 Å². The molecule has 0 aliphatic carbocycles. The number of aromatic nitrogens is 2. The van der Waals surface area contributed by atoms with Crippen molar-refractivity contribution in [2.45, 2.75) is 77.9 Å². The van der Waals surface area contributed by atoms with Gasteiger partial charge in [-0.1, -0.05) is 32.9 Å². The molecule has 0 unspecified atom stereocenters. The van der Waals surface area contributed by atoms with Crippen LogP contribution in [0.25, 0.3) is 0 Å². The largest absolute Gasteiger partial charge is 0.481 e. The maximum Gasteiger partial charge on any atom is 0.311 e. The van der Waals surface area contributed by atoms with E-state index in [2.05, 4.69) is 15.5 Å². The Morgan fingerprint density at radius 3 is 2.42 bits per heavy atom. The Morgan fingerprint density at radius 2 is 1.81 bits per heavy atom. The molecule has 1 fully saturated rings. The van der Waals surface area contributed by atoms with Crippen LogP contribution in [0.1, 0.15) is 80.5 Å². The number of hydrogen-bond donors (Lipinski definition) is 3. The van der Waals surface area contributed by atoms with Gasteiger partial charge in [-0.15, -0.1) is 0 Å². The second-order valence-electron chi connectivity index (χ2n) is 10.8. The number of nitrogens with one attached hydrogen (secondary N) is 2. The summed E-state index contributed by atoms with van der Waals surface area (Å²) in [6.45, 7) is 7.07. The minimum Gasteiger partial charge on any atom is -0.481 e. The fourth-order valence-electron chi connectivity index (χ4n) is 5.99. The minimum atomic E-state index is -1.19. The molecule has 228 valence electrons. The summed E-state index contributed by atoms with van der Waals surface area (Å²) < 4.78 is 19.9. The average molecular weight is 593 g/mol. The van der Waals surface area contributed by atoms with Crippen LogP contribution < -0.4 is 15.6 Å². The monoisotopic (exact) mass is 592 g/mol. The Balaban J connectivity index is 1.59. The normalized spacial score (nSPS) is 17.4. The van der Waals surface area contributed by atoms with E-state index < -0.39 is 52.7 Å². The quantitative estimate of drug-likeness (QED) is 0.280. The second kappa shape index (κ2) is 13.2. The maximum absolute atomic E-state index is 14.2. The first-order valence-electron chi connectivity index (χ1n) is 14.5. The molecule has 1 saturated heterocycles. The number of hydrogen-bond acceptors (Lipinski definition) is 6. The number of amides is 2. The summed E-state index contributed by atoms with van der Waals surface area (Å²) in [6, 6.07) is 11.5. The Morgan fingerprint density at radius 1 is 1.12 bits per heavy atom. The molecule has 3 N–H and O–H groups in total. The molecule has 3 aromatic rings. The number of carbonyl (C=O) groups is 3. The Labute approximate surface area is 249 Å². The predicted molar refractivity (Wildman–Crippen MR) is 157 cm³/mol. The molecule has 11 heteroatoms. The molecular formula is C32H37FN4O6. The molecule has 0 bridgehead atoms. The van der Waals surface area contributed by atoms with E-state index in [1.54, 1.807) is 44.7 Å². The van der Waals surface area contributed by atoms with Gasteiger partial charge in [0.1, 0.15) is 17.6 Å². The third kappa shape index (κ3) is 6.45. The molecule has 1 aromatic heterocycles. The van der Waals surface area contributed by atoms with Crippen LogP contribution in [0, 0.1) is 18.2 Å². The van der Waals surface area contributed by atoms with E-state index >= 15 is 0 Å². The lowest BCUT2D eigenvalue weighted by molar-refractivity contribution is -0.157. The topological polar surface area (TPSA) is 142 Å². The zero-order valence-corrected chi connectivity index (χ0v) is 24.7. The van der Waals surface area contributed by atoms with E-state index in [-0.39, 0.29) is 17.7 Å². The van der Waals surface area contributed by atoms with Crippen molar-refractivity contribution in [3.63, 3.8) is 0 Å². The summed E-state index contributed by atoms with van der Waals surface area (Å²) in [5.74, 6) is -1.95. The van der Waals surface area contributed by atoms with Gasteiger partial charge in [0.2, 0.25) is 5.91 Å². The van der Waals surface area contributed by atoms with E-state index in [4.69, 9.17) is 4.74 Å².